The van der Waals surface area contributed by atoms with E-state index in [1.54, 1.807) is 23.8 Å². The Morgan fingerprint density at radius 1 is 1.36 bits per heavy atom. The average molecular weight is 307 g/mol. The van der Waals surface area contributed by atoms with E-state index in [2.05, 4.69) is 23.9 Å². The van der Waals surface area contributed by atoms with Crippen LogP contribution < -0.4 is 5.56 Å². The van der Waals surface area contributed by atoms with Crippen LogP contribution in [0.25, 0.3) is 0 Å². The molecular weight excluding hydrogens is 282 g/mol. The fraction of sp³-hybridized carbons (Fsp3) is 0.625. The Morgan fingerprint density at radius 3 is 2.55 bits per heavy atom. The number of carbonyl (C=O) groups is 1. The summed E-state index contributed by atoms with van der Waals surface area (Å²) >= 11 is 0. The van der Waals surface area contributed by atoms with Crippen molar-refractivity contribution in [3.63, 3.8) is 0 Å². The van der Waals surface area contributed by atoms with E-state index in [-0.39, 0.29) is 17.2 Å². The van der Waals surface area contributed by atoms with Gasteiger partial charge in [-0.3, -0.25) is 4.79 Å². The zero-order valence-electron chi connectivity index (χ0n) is 13.6. The smallest absolute Gasteiger partial charge is 0.341 e. The van der Waals surface area contributed by atoms with Gasteiger partial charge in [-0.25, -0.2) is 4.79 Å². The highest BCUT2D eigenvalue weighted by Gasteiger charge is 2.23. The number of nitrogens with zero attached hydrogens (tertiary/aromatic N) is 3. The molecule has 1 N–H and O–H groups in total. The summed E-state index contributed by atoms with van der Waals surface area (Å²) in [5.74, 6) is -1.14. The first-order valence-corrected chi connectivity index (χ1v) is 7.72. The topological polar surface area (TPSA) is 65.8 Å². The number of likely N-dealkylation sites (tertiary alicyclic amines) is 1. The van der Waals surface area contributed by atoms with Crippen molar-refractivity contribution in [2.45, 2.75) is 25.8 Å². The Bertz CT molecular complexity index is 587. The lowest BCUT2D eigenvalue weighted by atomic mass is 10.0. The third-order valence-electron chi connectivity index (χ3n) is 4.36. The molecular formula is C16H25N3O3. The van der Waals surface area contributed by atoms with Crippen molar-refractivity contribution in [2.24, 2.45) is 0 Å². The highest BCUT2D eigenvalue weighted by Crippen LogP contribution is 2.21. The zero-order valence-corrected chi connectivity index (χ0v) is 13.6. The molecule has 6 nitrogen and oxygen atoms in total. The second kappa shape index (κ2) is 7.07. The molecule has 0 radical (unpaired) electrons. The normalized spacial score (nSPS) is 17.1. The van der Waals surface area contributed by atoms with Gasteiger partial charge in [0.05, 0.1) is 0 Å². The molecule has 22 heavy (non-hydrogen) atoms. The number of aromatic carboxylic acids is 1. The summed E-state index contributed by atoms with van der Waals surface area (Å²) in [4.78, 5) is 28.2. The summed E-state index contributed by atoms with van der Waals surface area (Å²) in [7, 11) is 4.12. The second-order valence-electron chi connectivity index (χ2n) is 6.27. The first kappa shape index (κ1) is 16.7. The minimum absolute atomic E-state index is 0.0989. The fourth-order valence-electron chi connectivity index (χ4n) is 2.95. The molecule has 1 aliphatic heterocycles. The van der Waals surface area contributed by atoms with Gasteiger partial charge in [-0.05, 0) is 45.5 Å². The predicted octanol–water partition coefficient (Wildman–Crippen LogP) is 1.05. The van der Waals surface area contributed by atoms with E-state index < -0.39 is 5.97 Å². The maximum absolute atomic E-state index is 12.4. The molecule has 6 heteroatoms. The van der Waals surface area contributed by atoms with E-state index in [1.807, 2.05) is 0 Å². The molecule has 1 aliphatic rings. The Labute approximate surface area is 131 Å². The molecule has 1 aromatic heterocycles. The molecule has 122 valence electrons. The summed E-state index contributed by atoms with van der Waals surface area (Å²) in [5.41, 5.74) is 0.0500. The molecule has 0 bridgehead atoms. The molecule has 0 saturated carbocycles. The molecule has 0 aliphatic carbocycles. The van der Waals surface area contributed by atoms with Crippen molar-refractivity contribution in [2.75, 3.05) is 40.3 Å². The number of rotatable bonds is 5. The Balaban J connectivity index is 2.07. The number of likely N-dealkylation sites (N-methyl/N-ethyl adjacent to an activating group) is 1. The quantitative estimate of drug-likeness (QED) is 0.881. The molecule has 0 unspecified atom stereocenters. The maximum atomic E-state index is 12.4. The molecule has 1 saturated heterocycles. The van der Waals surface area contributed by atoms with Crippen LogP contribution in [0.3, 0.4) is 0 Å². The predicted molar refractivity (Wildman–Crippen MR) is 85.7 cm³/mol. The second-order valence-corrected chi connectivity index (χ2v) is 6.27. The lowest BCUT2D eigenvalue weighted by molar-refractivity contribution is 0.0692. The number of carboxylic acids is 1. The Kier molecular flexibility index (Phi) is 5.37. The third-order valence-corrected chi connectivity index (χ3v) is 4.36. The summed E-state index contributed by atoms with van der Waals surface area (Å²) in [6.45, 7) is 5.61. The molecule has 2 rings (SSSR count). The third kappa shape index (κ3) is 3.75. The van der Waals surface area contributed by atoms with Crippen molar-refractivity contribution in [1.82, 2.24) is 14.4 Å². The minimum Gasteiger partial charge on any atom is -0.477 e. The molecule has 0 atom stereocenters. The molecule has 0 aromatic carbocycles. The number of piperidine rings is 1. The van der Waals surface area contributed by atoms with Gasteiger partial charge < -0.3 is 19.5 Å². The number of aryl methyl sites for hydroxylation is 1. The highest BCUT2D eigenvalue weighted by atomic mass is 16.4. The number of aromatic nitrogens is 1. The van der Waals surface area contributed by atoms with Crippen LogP contribution in [0.2, 0.25) is 0 Å². The lowest BCUT2D eigenvalue weighted by Crippen LogP contribution is -2.41. The van der Waals surface area contributed by atoms with Gasteiger partial charge in [0.1, 0.15) is 5.56 Å². The maximum Gasteiger partial charge on any atom is 0.341 e. The summed E-state index contributed by atoms with van der Waals surface area (Å²) in [5, 5.41) is 9.21. The van der Waals surface area contributed by atoms with E-state index in [1.165, 1.54) is 0 Å². The first-order valence-electron chi connectivity index (χ1n) is 7.72. The van der Waals surface area contributed by atoms with Crippen molar-refractivity contribution < 1.29 is 9.90 Å². The van der Waals surface area contributed by atoms with Crippen LogP contribution in [0.5, 0.6) is 0 Å². The van der Waals surface area contributed by atoms with E-state index in [0.29, 0.717) is 5.56 Å². The molecule has 0 amide bonds. The van der Waals surface area contributed by atoms with E-state index in [0.717, 1.165) is 39.0 Å². The van der Waals surface area contributed by atoms with Crippen LogP contribution in [0.1, 0.15) is 34.8 Å². The van der Waals surface area contributed by atoms with E-state index in [9.17, 15) is 14.7 Å². The zero-order chi connectivity index (χ0) is 16.3. The SMILES string of the molecule is Cc1ccn(C2CCN(CCN(C)C)CC2)c(=O)c1C(=O)O. The van der Waals surface area contributed by atoms with Crippen LogP contribution in [0, 0.1) is 6.92 Å². The number of carboxylic acid groups (broad SMARTS) is 1. The number of pyridine rings is 1. The van der Waals surface area contributed by atoms with Crippen LogP contribution >= 0.6 is 0 Å². The molecule has 1 fully saturated rings. The van der Waals surface area contributed by atoms with Gasteiger partial charge in [0.25, 0.3) is 5.56 Å². The highest BCUT2D eigenvalue weighted by molar-refractivity contribution is 5.88. The van der Waals surface area contributed by atoms with Crippen LogP contribution in [0.15, 0.2) is 17.1 Å². The number of hydrogen-bond acceptors (Lipinski definition) is 4. The number of hydrogen-bond donors (Lipinski definition) is 1. The largest absolute Gasteiger partial charge is 0.477 e. The summed E-state index contributed by atoms with van der Waals surface area (Å²) in [6, 6.07) is 1.82. The van der Waals surface area contributed by atoms with Gasteiger partial charge in [0.2, 0.25) is 0 Å². The van der Waals surface area contributed by atoms with E-state index in [4.69, 9.17) is 0 Å². The van der Waals surface area contributed by atoms with Crippen LogP contribution in [-0.4, -0.2) is 65.7 Å². The van der Waals surface area contributed by atoms with Crippen LogP contribution in [0.4, 0.5) is 0 Å². The van der Waals surface area contributed by atoms with Crippen molar-refractivity contribution in [3.05, 3.63) is 33.7 Å². The molecule has 1 aromatic rings. The van der Waals surface area contributed by atoms with Gasteiger partial charge in [-0.1, -0.05) is 0 Å². The van der Waals surface area contributed by atoms with Crippen molar-refractivity contribution in [3.8, 4) is 0 Å². The molecule has 0 spiro atoms. The Hall–Kier alpha value is -1.66. The fourth-order valence-corrected chi connectivity index (χ4v) is 2.95. The summed E-state index contributed by atoms with van der Waals surface area (Å²) in [6.07, 6.45) is 3.51. The Morgan fingerprint density at radius 2 is 2.00 bits per heavy atom. The lowest BCUT2D eigenvalue weighted by Gasteiger charge is -2.33. The minimum atomic E-state index is -1.14. The van der Waals surface area contributed by atoms with Gasteiger partial charge in [-0.2, -0.15) is 0 Å². The van der Waals surface area contributed by atoms with Crippen molar-refractivity contribution in [1.29, 1.82) is 0 Å². The van der Waals surface area contributed by atoms with Crippen LogP contribution in [-0.2, 0) is 0 Å². The first-order chi connectivity index (χ1) is 10.4. The van der Waals surface area contributed by atoms with Gasteiger partial charge in [0.15, 0.2) is 0 Å². The van der Waals surface area contributed by atoms with Crippen molar-refractivity contribution >= 4 is 5.97 Å². The van der Waals surface area contributed by atoms with Gasteiger partial charge in [0, 0.05) is 38.4 Å². The monoisotopic (exact) mass is 307 g/mol. The average Bonchev–Trinajstić information content (AvgIpc) is 2.45. The van der Waals surface area contributed by atoms with Gasteiger partial charge in [-0.15, -0.1) is 0 Å². The molecule has 2 heterocycles. The van der Waals surface area contributed by atoms with E-state index >= 15 is 0 Å². The standard InChI is InChI=1S/C16H25N3O3/c1-12-4-9-19(15(20)14(12)16(21)22)13-5-7-18(8-6-13)11-10-17(2)3/h4,9,13H,5-8,10-11H2,1-3H3,(H,21,22). The summed E-state index contributed by atoms with van der Waals surface area (Å²) < 4.78 is 1.61. The van der Waals surface area contributed by atoms with Gasteiger partial charge >= 0.3 is 5.97 Å².